The van der Waals surface area contributed by atoms with Crippen LogP contribution < -0.4 is 0 Å². The number of Topliss-reactive ketones (excluding diaryl/α,β-unsaturated/α-hetero) is 2. The van der Waals surface area contributed by atoms with Gasteiger partial charge in [0, 0.05) is 22.4 Å². The van der Waals surface area contributed by atoms with Gasteiger partial charge in [-0.15, -0.1) is 0 Å². The molecule has 3 rings (SSSR count). The molecule has 0 saturated heterocycles. The Balaban J connectivity index is 1.88. The van der Waals surface area contributed by atoms with Crippen molar-refractivity contribution < 1.29 is 23.9 Å². The van der Waals surface area contributed by atoms with Crippen molar-refractivity contribution in [2.24, 2.45) is 0 Å². The van der Waals surface area contributed by atoms with Crippen molar-refractivity contribution in [1.29, 1.82) is 0 Å². The minimum absolute atomic E-state index is 0.0271. The number of rotatable bonds is 4. The number of benzene rings is 1. The van der Waals surface area contributed by atoms with Gasteiger partial charge in [0.25, 0.3) is 0 Å². The molecule has 0 bridgehead atoms. The highest BCUT2D eigenvalue weighted by atomic mass is 35.5. The van der Waals surface area contributed by atoms with Crippen LogP contribution in [0.15, 0.2) is 47.9 Å². The Morgan fingerprint density at radius 2 is 1.81 bits per heavy atom. The minimum atomic E-state index is -0.589. The number of fused-ring (bicyclic) bond motifs is 1. The zero-order valence-corrected chi connectivity index (χ0v) is 14.8. The first-order chi connectivity index (χ1) is 12.4. The molecule has 6 nitrogen and oxygen atoms in total. The van der Waals surface area contributed by atoms with E-state index in [-0.39, 0.29) is 40.5 Å². The van der Waals surface area contributed by atoms with Crippen molar-refractivity contribution in [3.8, 4) is 0 Å². The standard InChI is InChI=1S/C19H14ClNO5/c1-10-16(22)13-7-8-21-14(15(13)17(23)18(10)25-2)9-26-19(24)11-3-5-12(20)6-4-11/h3-8H,9H2,1-2H3. The summed E-state index contributed by atoms with van der Waals surface area (Å²) in [6.45, 7) is 1.28. The number of carbonyl (C=O) groups is 3. The molecule has 26 heavy (non-hydrogen) atoms. The zero-order valence-electron chi connectivity index (χ0n) is 14.0. The molecule has 1 heterocycles. The fourth-order valence-corrected chi connectivity index (χ4v) is 2.82. The van der Waals surface area contributed by atoms with E-state index in [4.69, 9.17) is 21.1 Å². The molecule has 0 saturated carbocycles. The lowest BCUT2D eigenvalue weighted by atomic mass is 9.88. The molecule has 0 atom stereocenters. The minimum Gasteiger partial charge on any atom is -0.492 e. The molecule has 0 amide bonds. The number of carbonyl (C=O) groups excluding carboxylic acids is 3. The lowest BCUT2D eigenvalue weighted by Gasteiger charge is -2.19. The smallest absolute Gasteiger partial charge is 0.338 e. The molecule has 0 aliphatic heterocycles. The van der Waals surface area contributed by atoms with Gasteiger partial charge in [0.05, 0.1) is 23.9 Å². The number of nitrogens with zero attached hydrogens (tertiary/aromatic N) is 1. The van der Waals surface area contributed by atoms with Crippen LogP contribution in [0.2, 0.25) is 5.02 Å². The lowest BCUT2D eigenvalue weighted by molar-refractivity contribution is 0.0465. The van der Waals surface area contributed by atoms with E-state index < -0.39 is 11.8 Å². The van der Waals surface area contributed by atoms with E-state index in [0.717, 1.165) is 0 Å². The molecule has 2 aromatic rings. The monoisotopic (exact) mass is 371 g/mol. The van der Waals surface area contributed by atoms with Crippen LogP contribution in [0.5, 0.6) is 0 Å². The summed E-state index contributed by atoms with van der Waals surface area (Å²) in [5.74, 6) is -1.38. The van der Waals surface area contributed by atoms with Crippen LogP contribution in [-0.2, 0) is 16.1 Å². The van der Waals surface area contributed by atoms with Gasteiger partial charge in [0.1, 0.15) is 6.61 Å². The summed E-state index contributed by atoms with van der Waals surface area (Å²) in [5, 5.41) is 0.499. The summed E-state index contributed by atoms with van der Waals surface area (Å²) >= 11 is 5.79. The molecule has 1 aromatic carbocycles. The number of ether oxygens (including phenoxy) is 2. The van der Waals surface area contributed by atoms with Crippen LogP contribution in [-0.4, -0.2) is 29.6 Å². The maximum atomic E-state index is 12.6. The highest BCUT2D eigenvalue weighted by molar-refractivity contribution is 6.30. The highest BCUT2D eigenvalue weighted by Crippen LogP contribution is 2.28. The first-order valence-corrected chi connectivity index (χ1v) is 8.06. The van der Waals surface area contributed by atoms with Gasteiger partial charge in [-0.1, -0.05) is 11.6 Å². The van der Waals surface area contributed by atoms with Gasteiger partial charge in [0.15, 0.2) is 11.5 Å². The van der Waals surface area contributed by atoms with Gasteiger partial charge in [-0.3, -0.25) is 14.6 Å². The second-order valence-corrected chi connectivity index (χ2v) is 6.02. The molecule has 0 N–H and O–H groups in total. The summed E-state index contributed by atoms with van der Waals surface area (Å²) in [5.41, 5.74) is 1.07. The molecule has 7 heteroatoms. The largest absolute Gasteiger partial charge is 0.492 e. The predicted octanol–water partition coefficient (Wildman–Crippen LogP) is 3.39. The van der Waals surface area contributed by atoms with E-state index in [0.29, 0.717) is 10.6 Å². The SMILES string of the molecule is COC1=C(C)C(=O)c2ccnc(COC(=O)c3ccc(Cl)cc3)c2C1=O. The maximum absolute atomic E-state index is 12.6. The van der Waals surface area contributed by atoms with Crippen molar-refractivity contribution in [3.05, 3.63) is 75.3 Å². The Morgan fingerprint density at radius 3 is 2.46 bits per heavy atom. The number of ketones is 2. The van der Waals surface area contributed by atoms with E-state index in [1.165, 1.54) is 38.4 Å². The van der Waals surface area contributed by atoms with Crippen LogP contribution in [0.1, 0.15) is 43.7 Å². The topological polar surface area (TPSA) is 82.6 Å². The second-order valence-electron chi connectivity index (χ2n) is 5.58. The fourth-order valence-electron chi connectivity index (χ4n) is 2.70. The van der Waals surface area contributed by atoms with Crippen LogP contribution in [0.25, 0.3) is 0 Å². The van der Waals surface area contributed by atoms with Crippen molar-refractivity contribution >= 4 is 29.1 Å². The van der Waals surface area contributed by atoms with E-state index >= 15 is 0 Å². The molecule has 1 aliphatic carbocycles. The van der Waals surface area contributed by atoms with Crippen molar-refractivity contribution in [1.82, 2.24) is 4.98 Å². The maximum Gasteiger partial charge on any atom is 0.338 e. The van der Waals surface area contributed by atoms with Gasteiger partial charge in [-0.05, 0) is 37.3 Å². The first-order valence-electron chi connectivity index (χ1n) is 7.69. The van der Waals surface area contributed by atoms with Gasteiger partial charge in [0.2, 0.25) is 5.78 Å². The Labute approximate surface area is 154 Å². The van der Waals surface area contributed by atoms with Crippen molar-refractivity contribution in [2.45, 2.75) is 13.5 Å². The number of allylic oxidation sites excluding steroid dienone is 2. The third kappa shape index (κ3) is 3.11. The first kappa shape index (κ1) is 17.8. The van der Waals surface area contributed by atoms with Crippen LogP contribution in [0.4, 0.5) is 0 Å². The Kier molecular flexibility index (Phi) is 4.86. The second kappa shape index (κ2) is 7.09. The average molecular weight is 372 g/mol. The highest BCUT2D eigenvalue weighted by Gasteiger charge is 2.33. The average Bonchev–Trinajstić information content (AvgIpc) is 2.65. The molecule has 0 radical (unpaired) electrons. The molecule has 1 aliphatic rings. The normalized spacial score (nSPS) is 13.5. The van der Waals surface area contributed by atoms with Crippen molar-refractivity contribution in [3.63, 3.8) is 0 Å². The Bertz CT molecular complexity index is 947. The van der Waals surface area contributed by atoms with Crippen LogP contribution in [0.3, 0.4) is 0 Å². The van der Waals surface area contributed by atoms with E-state index in [2.05, 4.69) is 4.98 Å². The molecular weight excluding hydrogens is 358 g/mol. The van der Waals surface area contributed by atoms with Gasteiger partial charge in [-0.2, -0.15) is 0 Å². The van der Waals surface area contributed by atoms with E-state index in [1.807, 2.05) is 0 Å². The summed E-state index contributed by atoms with van der Waals surface area (Å²) in [7, 11) is 1.33. The number of aromatic nitrogens is 1. The van der Waals surface area contributed by atoms with Gasteiger partial charge >= 0.3 is 5.97 Å². The quantitative estimate of drug-likeness (QED) is 0.766. The fraction of sp³-hybridized carbons (Fsp3) is 0.158. The van der Waals surface area contributed by atoms with Gasteiger partial charge in [-0.25, -0.2) is 4.79 Å². The number of halogens is 1. The molecule has 0 spiro atoms. The third-order valence-corrected chi connectivity index (χ3v) is 4.26. The van der Waals surface area contributed by atoms with E-state index in [9.17, 15) is 14.4 Å². The Morgan fingerprint density at radius 1 is 1.12 bits per heavy atom. The summed E-state index contributed by atoms with van der Waals surface area (Å²) in [6, 6.07) is 7.67. The summed E-state index contributed by atoms with van der Waals surface area (Å²) < 4.78 is 10.3. The van der Waals surface area contributed by atoms with Crippen LogP contribution >= 0.6 is 11.6 Å². The molecule has 0 fully saturated rings. The molecule has 132 valence electrons. The summed E-state index contributed by atoms with van der Waals surface area (Å²) in [6.07, 6.45) is 1.40. The third-order valence-electron chi connectivity index (χ3n) is 4.01. The van der Waals surface area contributed by atoms with E-state index in [1.54, 1.807) is 12.1 Å². The molecule has 1 aromatic heterocycles. The molecular formula is C19H14ClNO5. The number of pyridine rings is 1. The summed E-state index contributed by atoms with van der Waals surface area (Å²) in [4.78, 5) is 41.3. The number of hydrogen-bond donors (Lipinski definition) is 0. The van der Waals surface area contributed by atoms with Crippen LogP contribution in [0, 0.1) is 0 Å². The lowest BCUT2D eigenvalue weighted by Crippen LogP contribution is -2.24. The number of methoxy groups -OCH3 is 1. The van der Waals surface area contributed by atoms with Crippen molar-refractivity contribution in [2.75, 3.05) is 7.11 Å². The number of esters is 1. The Hall–Kier alpha value is -2.99. The zero-order chi connectivity index (χ0) is 18.8. The number of hydrogen-bond acceptors (Lipinski definition) is 6. The van der Waals surface area contributed by atoms with Gasteiger partial charge < -0.3 is 9.47 Å². The molecule has 0 unspecified atom stereocenters. The predicted molar refractivity (Wildman–Crippen MR) is 93.2 cm³/mol.